The number of amides is 1. The smallest absolute Gasteiger partial charge is 0.416 e. The first-order valence-electron chi connectivity index (χ1n) is 6.53. The van der Waals surface area contributed by atoms with Crippen molar-refractivity contribution >= 4 is 17.6 Å². The molecular formula is C16H12F3NO3. The van der Waals surface area contributed by atoms with E-state index >= 15 is 0 Å². The Hall–Kier alpha value is -2.83. The zero-order valence-electron chi connectivity index (χ0n) is 12.0. The highest BCUT2D eigenvalue weighted by atomic mass is 19.4. The summed E-state index contributed by atoms with van der Waals surface area (Å²) in [5, 5.41) is 2.53. The Morgan fingerprint density at radius 2 is 1.70 bits per heavy atom. The number of esters is 1. The Balaban J connectivity index is 2.11. The molecule has 0 aromatic heterocycles. The molecule has 0 aliphatic heterocycles. The second kappa shape index (κ2) is 6.51. The van der Waals surface area contributed by atoms with Gasteiger partial charge in [0.2, 0.25) is 5.91 Å². The molecule has 0 radical (unpaired) electrons. The van der Waals surface area contributed by atoms with Crippen molar-refractivity contribution in [2.24, 2.45) is 0 Å². The molecule has 2 aromatic rings. The van der Waals surface area contributed by atoms with E-state index in [0.717, 1.165) is 24.3 Å². The molecule has 0 spiro atoms. The zero-order chi connectivity index (χ0) is 17.0. The highest BCUT2D eigenvalue weighted by Crippen LogP contribution is 2.29. The zero-order valence-corrected chi connectivity index (χ0v) is 12.0. The van der Waals surface area contributed by atoms with E-state index in [2.05, 4.69) is 5.32 Å². The third-order valence-corrected chi connectivity index (χ3v) is 2.81. The van der Waals surface area contributed by atoms with Crippen LogP contribution in [0.3, 0.4) is 0 Å². The number of hydrogen-bond donors (Lipinski definition) is 1. The molecule has 0 aliphatic carbocycles. The molecule has 0 saturated carbocycles. The van der Waals surface area contributed by atoms with Crippen molar-refractivity contribution in [3.8, 4) is 5.75 Å². The van der Waals surface area contributed by atoms with Gasteiger partial charge in [0.1, 0.15) is 5.75 Å². The van der Waals surface area contributed by atoms with Crippen LogP contribution in [0.1, 0.15) is 22.8 Å². The number of hydrogen-bond acceptors (Lipinski definition) is 3. The molecular weight excluding hydrogens is 311 g/mol. The fourth-order valence-corrected chi connectivity index (χ4v) is 1.80. The number of benzene rings is 2. The molecule has 0 unspecified atom stereocenters. The summed E-state index contributed by atoms with van der Waals surface area (Å²) < 4.78 is 42.5. The van der Waals surface area contributed by atoms with Gasteiger partial charge in [-0.3, -0.25) is 4.79 Å². The van der Waals surface area contributed by atoms with Crippen molar-refractivity contribution in [1.82, 2.24) is 0 Å². The van der Waals surface area contributed by atoms with Gasteiger partial charge in [0.05, 0.1) is 11.1 Å². The summed E-state index contributed by atoms with van der Waals surface area (Å²) in [6.45, 7) is 1.33. The Morgan fingerprint density at radius 3 is 2.26 bits per heavy atom. The highest BCUT2D eigenvalue weighted by molar-refractivity contribution is 5.92. The van der Waals surface area contributed by atoms with Crippen LogP contribution < -0.4 is 10.1 Å². The Morgan fingerprint density at radius 1 is 1.04 bits per heavy atom. The first-order chi connectivity index (χ1) is 10.8. The van der Waals surface area contributed by atoms with Crippen LogP contribution in [0, 0.1) is 0 Å². The average Bonchev–Trinajstić information content (AvgIpc) is 2.46. The molecule has 120 valence electrons. The summed E-state index contributed by atoms with van der Waals surface area (Å²) in [7, 11) is 0. The van der Waals surface area contributed by atoms with E-state index in [9.17, 15) is 22.8 Å². The van der Waals surface area contributed by atoms with Crippen LogP contribution in [0.4, 0.5) is 18.9 Å². The lowest BCUT2D eigenvalue weighted by Gasteiger charge is -2.09. The maximum Gasteiger partial charge on any atom is 0.416 e. The van der Waals surface area contributed by atoms with E-state index in [-0.39, 0.29) is 17.2 Å². The third kappa shape index (κ3) is 4.57. The van der Waals surface area contributed by atoms with E-state index in [0.29, 0.717) is 5.69 Å². The molecule has 0 bridgehead atoms. The minimum absolute atomic E-state index is 0.0112. The monoisotopic (exact) mass is 323 g/mol. The van der Waals surface area contributed by atoms with Gasteiger partial charge >= 0.3 is 12.1 Å². The predicted octanol–water partition coefficient (Wildman–Crippen LogP) is 3.88. The van der Waals surface area contributed by atoms with Gasteiger partial charge in [-0.1, -0.05) is 6.07 Å². The van der Waals surface area contributed by atoms with E-state index in [1.54, 1.807) is 12.1 Å². The van der Waals surface area contributed by atoms with Crippen LogP contribution in [-0.4, -0.2) is 11.9 Å². The summed E-state index contributed by atoms with van der Waals surface area (Å²) in [6.07, 6.45) is -4.46. The minimum atomic E-state index is -4.46. The van der Waals surface area contributed by atoms with Crippen molar-refractivity contribution in [3.63, 3.8) is 0 Å². The quantitative estimate of drug-likeness (QED) is 0.689. The fourth-order valence-electron chi connectivity index (χ4n) is 1.80. The van der Waals surface area contributed by atoms with Crippen molar-refractivity contribution in [2.75, 3.05) is 5.32 Å². The number of carbonyl (C=O) groups is 2. The van der Waals surface area contributed by atoms with Gasteiger partial charge in [-0.15, -0.1) is 0 Å². The molecule has 1 N–H and O–H groups in total. The van der Waals surface area contributed by atoms with Gasteiger partial charge < -0.3 is 10.1 Å². The number of rotatable bonds is 3. The molecule has 0 atom stereocenters. The van der Waals surface area contributed by atoms with Gasteiger partial charge in [0.25, 0.3) is 0 Å². The second-order valence-electron chi connectivity index (χ2n) is 4.67. The fraction of sp³-hybridized carbons (Fsp3) is 0.125. The Kier molecular flexibility index (Phi) is 4.68. The Bertz CT molecular complexity index is 724. The number of halogens is 3. The molecule has 2 aromatic carbocycles. The summed E-state index contributed by atoms with van der Waals surface area (Å²) >= 11 is 0. The number of nitrogens with one attached hydrogen (secondary N) is 1. The van der Waals surface area contributed by atoms with Crippen molar-refractivity contribution in [2.45, 2.75) is 13.1 Å². The lowest BCUT2D eigenvalue weighted by Crippen LogP contribution is -2.11. The van der Waals surface area contributed by atoms with Crippen LogP contribution in [0.5, 0.6) is 5.75 Å². The summed E-state index contributed by atoms with van der Waals surface area (Å²) in [6, 6.07) is 9.81. The van der Waals surface area contributed by atoms with Crippen LogP contribution >= 0.6 is 0 Å². The lowest BCUT2D eigenvalue weighted by atomic mass is 10.1. The molecule has 0 fully saturated rings. The van der Waals surface area contributed by atoms with E-state index < -0.39 is 17.7 Å². The van der Waals surface area contributed by atoms with Crippen LogP contribution in [0.2, 0.25) is 0 Å². The molecule has 0 saturated heterocycles. The van der Waals surface area contributed by atoms with Gasteiger partial charge in [-0.25, -0.2) is 4.79 Å². The van der Waals surface area contributed by atoms with Crippen molar-refractivity contribution in [1.29, 1.82) is 0 Å². The summed E-state index contributed by atoms with van der Waals surface area (Å²) in [5.41, 5.74) is -0.417. The van der Waals surface area contributed by atoms with Gasteiger partial charge in [-0.2, -0.15) is 13.2 Å². The predicted molar refractivity (Wildman–Crippen MR) is 77.1 cm³/mol. The van der Waals surface area contributed by atoms with Crippen molar-refractivity contribution in [3.05, 3.63) is 59.7 Å². The molecule has 4 nitrogen and oxygen atoms in total. The number of anilines is 1. The molecule has 23 heavy (non-hydrogen) atoms. The highest BCUT2D eigenvalue weighted by Gasteiger charge is 2.30. The lowest BCUT2D eigenvalue weighted by molar-refractivity contribution is -0.137. The van der Waals surface area contributed by atoms with Gasteiger partial charge in [-0.05, 0) is 36.4 Å². The van der Waals surface area contributed by atoms with Crippen LogP contribution in [0.25, 0.3) is 0 Å². The third-order valence-electron chi connectivity index (χ3n) is 2.81. The Labute approximate surface area is 129 Å². The van der Waals surface area contributed by atoms with E-state index in [4.69, 9.17) is 4.74 Å². The average molecular weight is 323 g/mol. The summed E-state index contributed by atoms with van der Waals surface area (Å²) in [5.74, 6) is -0.906. The van der Waals surface area contributed by atoms with Gasteiger partial charge in [0.15, 0.2) is 0 Å². The maximum atomic E-state index is 12.5. The number of carbonyl (C=O) groups excluding carboxylic acids is 2. The van der Waals surface area contributed by atoms with E-state index in [1.807, 2.05) is 0 Å². The SMILES string of the molecule is CC(=O)Nc1cccc(OC(=O)c2ccc(C(F)(F)F)cc2)c1. The number of alkyl halides is 3. The van der Waals surface area contributed by atoms with Crippen LogP contribution in [0.15, 0.2) is 48.5 Å². The summed E-state index contributed by atoms with van der Waals surface area (Å²) in [4.78, 5) is 22.9. The minimum Gasteiger partial charge on any atom is -0.423 e. The molecule has 7 heteroatoms. The normalized spacial score (nSPS) is 11.0. The molecule has 1 amide bonds. The molecule has 0 heterocycles. The van der Waals surface area contributed by atoms with Crippen molar-refractivity contribution < 1.29 is 27.5 Å². The van der Waals surface area contributed by atoms with Crippen LogP contribution in [-0.2, 0) is 11.0 Å². The molecule has 0 aliphatic rings. The number of ether oxygens (including phenoxy) is 1. The van der Waals surface area contributed by atoms with Gasteiger partial charge in [0, 0.05) is 18.7 Å². The standard InChI is InChI=1S/C16H12F3NO3/c1-10(21)20-13-3-2-4-14(9-13)23-15(22)11-5-7-12(8-6-11)16(17,18)19/h2-9H,1H3,(H,20,21). The maximum absolute atomic E-state index is 12.5. The van der Waals surface area contributed by atoms with E-state index in [1.165, 1.54) is 19.1 Å². The first-order valence-corrected chi connectivity index (χ1v) is 6.53. The molecule has 2 rings (SSSR count). The first kappa shape index (κ1) is 16.5. The largest absolute Gasteiger partial charge is 0.423 e. The second-order valence-corrected chi connectivity index (χ2v) is 4.67. The topological polar surface area (TPSA) is 55.4 Å².